The molecule has 4 rings (SSSR count). The molecule has 6 nitrogen and oxygen atoms in total. The first kappa shape index (κ1) is 14.8. The lowest BCUT2D eigenvalue weighted by Gasteiger charge is -2.18. The lowest BCUT2D eigenvalue weighted by molar-refractivity contribution is 0.171. The van der Waals surface area contributed by atoms with Gasteiger partial charge in [-0.05, 0) is 30.4 Å². The molecule has 2 aromatic heterocycles. The summed E-state index contributed by atoms with van der Waals surface area (Å²) >= 11 is 3.39. The topological polar surface area (TPSA) is 61.5 Å². The SMILES string of the molecule is CCCSCc1nnc2sc(-c3ccc4c(c3)OCCO4)nn12. The van der Waals surface area contributed by atoms with Crippen LogP contribution in [0.3, 0.4) is 0 Å². The van der Waals surface area contributed by atoms with E-state index in [1.54, 1.807) is 0 Å². The highest BCUT2D eigenvalue weighted by Gasteiger charge is 2.16. The highest BCUT2D eigenvalue weighted by atomic mass is 32.2. The van der Waals surface area contributed by atoms with Gasteiger partial charge in [0.25, 0.3) is 0 Å². The molecule has 1 aliphatic heterocycles. The predicted octanol–water partition coefficient (Wildman–Crippen LogP) is 3.27. The molecule has 0 aliphatic carbocycles. The average Bonchev–Trinajstić information content (AvgIpc) is 3.16. The molecule has 0 saturated heterocycles. The minimum absolute atomic E-state index is 0.584. The van der Waals surface area contributed by atoms with Crippen LogP contribution in [0.15, 0.2) is 18.2 Å². The van der Waals surface area contributed by atoms with Crippen molar-refractivity contribution in [2.24, 2.45) is 0 Å². The van der Waals surface area contributed by atoms with Gasteiger partial charge in [-0.15, -0.1) is 10.2 Å². The summed E-state index contributed by atoms with van der Waals surface area (Å²) in [6, 6.07) is 5.92. The lowest BCUT2D eigenvalue weighted by Crippen LogP contribution is -2.15. The number of aromatic nitrogens is 4. The van der Waals surface area contributed by atoms with E-state index < -0.39 is 0 Å². The van der Waals surface area contributed by atoms with Gasteiger partial charge < -0.3 is 9.47 Å². The summed E-state index contributed by atoms with van der Waals surface area (Å²) in [7, 11) is 0. The third-order valence-electron chi connectivity index (χ3n) is 3.42. The first-order chi connectivity index (χ1) is 11.3. The standard InChI is InChI=1S/C15H16N4O2S2/c1-2-7-22-9-13-16-17-15-19(13)18-14(23-15)10-3-4-11-12(8-10)21-6-5-20-11/h3-4,8H,2,5-7,9H2,1H3. The summed E-state index contributed by atoms with van der Waals surface area (Å²) in [5.74, 6) is 4.42. The van der Waals surface area contributed by atoms with Gasteiger partial charge in [0.05, 0.1) is 5.75 Å². The Morgan fingerprint density at radius 1 is 1.22 bits per heavy atom. The van der Waals surface area contributed by atoms with Crippen molar-refractivity contribution in [1.82, 2.24) is 19.8 Å². The van der Waals surface area contributed by atoms with Crippen LogP contribution in [0.4, 0.5) is 0 Å². The van der Waals surface area contributed by atoms with Crippen molar-refractivity contribution in [2.75, 3.05) is 19.0 Å². The zero-order valence-electron chi connectivity index (χ0n) is 12.7. The molecule has 0 amide bonds. The number of thioether (sulfide) groups is 1. The first-order valence-electron chi connectivity index (χ1n) is 7.54. The van der Waals surface area contributed by atoms with Crippen LogP contribution in [0.1, 0.15) is 19.2 Å². The van der Waals surface area contributed by atoms with Crippen molar-refractivity contribution in [3.63, 3.8) is 0 Å². The van der Waals surface area contributed by atoms with Crippen LogP contribution in [-0.4, -0.2) is 38.8 Å². The second-order valence-electron chi connectivity index (χ2n) is 5.13. The Kier molecular flexibility index (Phi) is 4.09. The Morgan fingerprint density at radius 2 is 2.09 bits per heavy atom. The number of fused-ring (bicyclic) bond motifs is 2. The molecule has 0 spiro atoms. The summed E-state index contributed by atoms with van der Waals surface area (Å²) in [6.45, 7) is 3.36. The molecule has 1 aromatic carbocycles. The normalized spacial score (nSPS) is 13.6. The molecule has 1 aliphatic rings. The molecule has 3 aromatic rings. The smallest absolute Gasteiger partial charge is 0.235 e. The van der Waals surface area contributed by atoms with E-state index in [4.69, 9.17) is 9.47 Å². The molecule has 0 unspecified atom stereocenters. The van der Waals surface area contributed by atoms with Gasteiger partial charge in [-0.25, -0.2) is 0 Å². The van der Waals surface area contributed by atoms with Gasteiger partial charge in [0.2, 0.25) is 4.96 Å². The van der Waals surface area contributed by atoms with E-state index in [-0.39, 0.29) is 0 Å². The Labute approximate surface area is 141 Å². The maximum Gasteiger partial charge on any atom is 0.235 e. The quantitative estimate of drug-likeness (QED) is 0.660. The highest BCUT2D eigenvalue weighted by Crippen LogP contribution is 2.35. The van der Waals surface area contributed by atoms with Gasteiger partial charge in [-0.1, -0.05) is 18.3 Å². The molecule has 0 radical (unpaired) electrons. The second-order valence-corrected chi connectivity index (χ2v) is 7.19. The Bertz CT molecular complexity index is 830. The van der Waals surface area contributed by atoms with E-state index in [9.17, 15) is 0 Å². The summed E-state index contributed by atoms with van der Waals surface area (Å²) in [4.78, 5) is 0.821. The van der Waals surface area contributed by atoms with E-state index >= 15 is 0 Å². The van der Waals surface area contributed by atoms with E-state index in [0.717, 1.165) is 50.8 Å². The van der Waals surface area contributed by atoms with E-state index in [0.29, 0.717) is 13.2 Å². The zero-order valence-corrected chi connectivity index (χ0v) is 14.3. The van der Waals surface area contributed by atoms with E-state index in [1.165, 1.54) is 11.3 Å². The monoisotopic (exact) mass is 348 g/mol. The summed E-state index contributed by atoms with van der Waals surface area (Å²) < 4.78 is 13.1. The Hall–Kier alpha value is -1.80. The largest absolute Gasteiger partial charge is 0.486 e. The maximum absolute atomic E-state index is 5.64. The van der Waals surface area contributed by atoms with Gasteiger partial charge in [-0.3, -0.25) is 0 Å². The highest BCUT2D eigenvalue weighted by molar-refractivity contribution is 7.98. The number of rotatable bonds is 5. The zero-order chi connectivity index (χ0) is 15.6. The summed E-state index contributed by atoms with van der Waals surface area (Å²) in [5.41, 5.74) is 1.01. The van der Waals surface area contributed by atoms with Crippen LogP contribution in [0, 0.1) is 0 Å². The van der Waals surface area contributed by atoms with Crippen molar-refractivity contribution < 1.29 is 9.47 Å². The van der Waals surface area contributed by atoms with Gasteiger partial charge in [-0.2, -0.15) is 21.4 Å². The van der Waals surface area contributed by atoms with Gasteiger partial charge >= 0.3 is 0 Å². The number of hydrogen-bond donors (Lipinski definition) is 0. The molecule has 0 bridgehead atoms. The summed E-state index contributed by atoms with van der Waals surface area (Å²) in [6.07, 6.45) is 1.16. The van der Waals surface area contributed by atoms with Crippen LogP contribution in [0.25, 0.3) is 15.5 Å². The molecular formula is C15H16N4O2S2. The molecule has 8 heteroatoms. The molecule has 120 valence electrons. The van der Waals surface area contributed by atoms with Crippen molar-refractivity contribution in [3.8, 4) is 22.1 Å². The molecule has 23 heavy (non-hydrogen) atoms. The number of hydrogen-bond acceptors (Lipinski definition) is 7. The van der Waals surface area contributed by atoms with Crippen molar-refractivity contribution >= 4 is 28.1 Å². The van der Waals surface area contributed by atoms with E-state index in [2.05, 4.69) is 22.2 Å². The molecule has 3 heterocycles. The van der Waals surface area contributed by atoms with Crippen molar-refractivity contribution in [1.29, 1.82) is 0 Å². The first-order valence-corrected chi connectivity index (χ1v) is 9.51. The maximum atomic E-state index is 5.64. The number of nitrogens with zero attached hydrogens (tertiary/aromatic N) is 4. The molecule has 0 atom stereocenters. The van der Waals surface area contributed by atoms with E-state index in [1.807, 2.05) is 34.5 Å². The van der Waals surface area contributed by atoms with Crippen molar-refractivity contribution in [3.05, 3.63) is 24.0 Å². The Balaban J connectivity index is 1.64. The molecular weight excluding hydrogens is 332 g/mol. The summed E-state index contributed by atoms with van der Waals surface area (Å²) in [5, 5.41) is 14.0. The van der Waals surface area contributed by atoms with Gasteiger partial charge in [0, 0.05) is 5.56 Å². The van der Waals surface area contributed by atoms with Crippen molar-refractivity contribution in [2.45, 2.75) is 19.1 Å². The fourth-order valence-corrected chi connectivity index (χ4v) is 4.00. The number of ether oxygens (including phenoxy) is 2. The molecule has 0 fully saturated rings. The van der Waals surface area contributed by atoms with Crippen LogP contribution < -0.4 is 9.47 Å². The lowest BCUT2D eigenvalue weighted by atomic mass is 10.2. The fourth-order valence-electron chi connectivity index (χ4n) is 2.35. The Morgan fingerprint density at radius 3 is 2.96 bits per heavy atom. The minimum atomic E-state index is 0.584. The fraction of sp³-hybridized carbons (Fsp3) is 0.400. The minimum Gasteiger partial charge on any atom is -0.486 e. The van der Waals surface area contributed by atoms with Crippen LogP contribution >= 0.6 is 23.1 Å². The van der Waals surface area contributed by atoms with Gasteiger partial charge in [0.15, 0.2) is 17.3 Å². The molecule has 0 N–H and O–H groups in total. The average molecular weight is 348 g/mol. The number of benzene rings is 1. The second kappa shape index (κ2) is 6.37. The third-order valence-corrected chi connectivity index (χ3v) is 5.53. The van der Waals surface area contributed by atoms with Gasteiger partial charge in [0.1, 0.15) is 18.2 Å². The molecule has 0 saturated carbocycles. The van der Waals surface area contributed by atoms with Crippen LogP contribution in [0.2, 0.25) is 0 Å². The van der Waals surface area contributed by atoms with Crippen LogP contribution in [-0.2, 0) is 5.75 Å². The van der Waals surface area contributed by atoms with Crippen LogP contribution in [0.5, 0.6) is 11.5 Å². The predicted molar refractivity (Wildman–Crippen MR) is 91.5 cm³/mol. The third kappa shape index (κ3) is 2.88.